The van der Waals surface area contributed by atoms with Gasteiger partial charge in [-0.3, -0.25) is 0 Å². The molecule has 4 nitrogen and oxygen atoms in total. The van der Waals surface area contributed by atoms with E-state index in [0.29, 0.717) is 6.61 Å². The van der Waals surface area contributed by atoms with Crippen LogP contribution in [-0.4, -0.2) is 30.9 Å². The molecule has 0 radical (unpaired) electrons. The van der Waals surface area contributed by atoms with Gasteiger partial charge in [0.15, 0.2) is 0 Å². The smallest absolute Gasteiger partial charge is 0.329 e. The highest BCUT2D eigenvalue weighted by molar-refractivity contribution is 7.99. The van der Waals surface area contributed by atoms with Gasteiger partial charge in [-0.15, -0.1) is 0 Å². The molecule has 0 amide bonds. The van der Waals surface area contributed by atoms with Gasteiger partial charge in [-0.25, -0.2) is 4.79 Å². The predicted octanol–water partition coefficient (Wildman–Crippen LogP) is 5.12. The molecule has 5 rings (SSSR count). The van der Waals surface area contributed by atoms with Crippen molar-refractivity contribution in [3.05, 3.63) is 60.2 Å². The number of benzene rings is 2. The highest BCUT2D eigenvalue weighted by atomic mass is 32.2. The van der Waals surface area contributed by atoms with Crippen molar-refractivity contribution in [1.29, 1.82) is 0 Å². The average molecular weight is 399 g/mol. The Hall–Kier alpha value is -1.82. The van der Waals surface area contributed by atoms with E-state index < -0.39 is 5.97 Å². The van der Waals surface area contributed by atoms with Gasteiger partial charge in [0.1, 0.15) is 6.61 Å². The molecule has 1 aliphatic carbocycles. The molecule has 148 valence electrons. The van der Waals surface area contributed by atoms with Gasteiger partial charge in [0.05, 0.1) is 12.2 Å². The Balaban J connectivity index is 1.40. The van der Waals surface area contributed by atoms with Crippen LogP contribution in [0.25, 0.3) is 0 Å². The third-order valence-electron chi connectivity index (χ3n) is 6.11. The monoisotopic (exact) mass is 398 g/mol. The quantitative estimate of drug-likeness (QED) is 0.626. The number of hydrogen-bond acceptors (Lipinski definition) is 4. The molecule has 1 N–H and O–H groups in total. The predicted molar refractivity (Wildman–Crippen MR) is 109 cm³/mol. The normalized spacial score (nSPS) is 26.3. The van der Waals surface area contributed by atoms with E-state index in [1.165, 1.54) is 15.4 Å². The number of ether oxygens (including phenoxy) is 2. The van der Waals surface area contributed by atoms with Gasteiger partial charge in [0, 0.05) is 16.4 Å². The third-order valence-corrected chi connectivity index (χ3v) is 7.11. The van der Waals surface area contributed by atoms with Crippen molar-refractivity contribution in [3.8, 4) is 0 Å². The molecule has 2 saturated heterocycles. The lowest BCUT2D eigenvalue weighted by atomic mass is 9.63. The van der Waals surface area contributed by atoms with Crippen LogP contribution in [0.2, 0.25) is 0 Å². The van der Waals surface area contributed by atoms with E-state index in [1.807, 2.05) is 6.07 Å². The first-order valence-corrected chi connectivity index (χ1v) is 10.7. The van der Waals surface area contributed by atoms with Gasteiger partial charge >= 0.3 is 5.97 Å². The van der Waals surface area contributed by atoms with Crippen LogP contribution in [0.1, 0.15) is 37.7 Å². The fraction of sp³-hybridized carbons (Fsp3) is 0.435. The molecular weight excluding hydrogens is 372 g/mol. The number of hydrogen-bond donors (Lipinski definition) is 1. The van der Waals surface area contributed by atoms with Crippen molar-refractivity contribution in [2.24, 2.45) is 5.41 Å². The summed E-state index contributed by atoms with van der Waals surface area (Å²) >= 11 is 1.78. The fourth-order valence-corrected chi connectivity index (χ4v) is 5.27. The molecule has 2 aromatic carbocycles. The molecule has 0 aromatic heterocycles. The number of aliphatic carboxylic acids is 1. The molecule has 0 atom stereocenters. The Morgan fingerprint density at radius 3 is 2.46 bits per heavy atom. The van der Waals surface area contributed by atoms with Crippen LogP contribution in [-0.2, 0) is 19.9 Å². The molecule has 2 heterocycles. The van der Waals surface area contributed by atoms with E-state index in [2.05, 4.69) is 48.5 Å². The highest BCUT2D eigenvalue weighted by Gasteiger charge is 2.50. The first kappa shape index (κ1) is 19.5. The maximum atomic E-state index is 10.6. The largest absolute Gasteiger partial charge is 0.480 e. The summed E-state index contributed by atoms with van der Waals surface area (Å²) in [6.07, 6.45) is 5.13. The van der Waals surface area contributed by atoms with Crippen molar-refractivity contribution < 1.29 is 19.4 Å². The first-order valence-electron chi connectivity index (χ1n) is 9.86. The van der Waals surface area contributed by atoms with Gasteiger partial charge in [0.25, 0.3) is 0 Å². The Kier molecular flexibility index (Phi) is 5.76. The summed E-state index contributed by atoms with van der Waals surface area (Å²) in [5.74, 6) is -0.909. The number of carboxylic acids is 1. The molecule has 1 saturated carbocycles. The van der Waals surface area contributed by atoms with Crippen LogP contribution in [0, 0.1) is 5.41 Å². The Labute approximate surface area is 170 Å². The molecule has 3 fully saturated rings. The molecule has 5 heteroatoms. The van der Waals surface area contributed by atoms with Crippen molar-refractivity contribution >= 4 is 17.7 Å². The zero-order valence-electron chi connectivity index (χ0n) is 15.9. The maximum Gasteiger partial charge on any atom is 0.329 e. The summed E-state index contributed by atoms with van der Waals surface area (Å²) in [6.45, 7) is 1.01. The summed E-state index contributed by atoms with van der Waals surface area (Å²) < 4.78 is 11.7. The van der Waals surface area contributed by atoms with E-state index in [4.69, 9.17) is 14.6 Å². The van der Waals surface area contributed by atoms with Gasteiger partial charge in [0.2, 0.25) is 0 Å². The van der Waals surface area contributed by atoms with Gasteiger partial charge in [-0.2, -0.15) is 0 Å². The summed E-state index contributed by atoms with van der Waals surface area (Å²) in [7, 11) is 0. The molecular formula is C23H26O4S. The van der Waals surface area contributed by atoms with Crippen LogP contribution in [0.3, 0.4) is 0 Å². The van der Waals surface area contributed by atoms with Gasteiger partial charge < -0.3 is 14.6 Å². The number of rotatable bonds is 8. The SMILES string of the molecule is O=C(O)COCCC12CCC(c3cccc(Sc4ccccc4)c3)(CC1)OC2. The lowest BCUT2D eigenvalue weighted by Crippen LogP contribution is -2.49. The van der Waals surface area contributed by atoms with Crippen LogP contribution in [0.4, 0.5) is 0 Å². The molecule has 0 spiro atoms. The zero-order chi connectivity index (χ0) is 19.5. The molecule has 2 aromatic rings. The summed E-state index contributed by atoms with van der Waals surface area (Å²) in [6, 6.07) is 19.2. The van der Waals surface area contributed by atoms with Crippen LogP contribution in [0.15, 0.2) is 64.4 Å². The van der Waals surface area contributed by atoms with Crippen molar-refractivity contribution in [2.45, 2.75) is 47.5 Å². The average Bonchev–Trinajstić information content (AvgIpc) is 2.74. The zero-order valence-corrected chi connectivity index (χ0v) is 16.7. The number of carbonyl (C=O) groups is 1. The van der Waals surface area contributed by atoms with Crippen molar-refractivity contribution in [2.75, 3.05) is 19.8 Å². The minimum atomic E-state index is -0.909. The second kappa shape index (κ2) is 8.27. The molecule has 2 bridgehead atoms. The lowest BCUT2D eigenvalue weighted by Gasteiger charge is -2.53. The minimum absolute atomic E-state index is 0.149. The van der Waals surface area contributed by atoms with E-state index in [9.17, 15) is 4.79 Å². The maximum absolute atomic E-state index is 10.6. The topological polar surface area (TPSA) is 55.8 Å². The summed E-state index contributed by atoms with van der Waals surface area (Å²) in [5, 5.41) is 8.70. The standard InChI is InChI=1S/C23H26O4S/c24-21(25)16-26-14-13-22-9-11-23(12-10-22,27-17-22)18-5-4-8-20(15-18)28-19-6-2-1-3-7-19/h1-8,15H,9-14,16-17H2,(H,24,25). The molecule has 2 aliphatic heterocycles. The fourth-order valence-electron chi connectivity index (χ4n) is 4.37. The third kappa shape index (κ3) is 4.27. The molecule has 0 unspecified atom stereocenters. The van der Waals surface area contributed by atoms with Crippen LogP contribution >= 0.6 is 11.8 Å². The first-order chi connectivity index (χ1) is 13.6. The van der Waals surface area contributed by atoms with Crippen LogP contribution < -0.4 is 0 Å². The number of carboxylic acid groups (broad SMARTS) is 1. The second-order valence-electron chi connectivity index (χ2n) is 7.92. The van der Waals surface area contributed by atoms with Crippen molar-refractivity contribution in [3.63, 3.8) is 0 Å². The minimum Gasteiger partial charge on any atom is -0.480 e. The summed E-state index contributed by atoms with van der Waals surface area (Å²) in [4.78, 5) is 13.1. The van der Waals surface area contributed by atoms with E-state index in [0.717, 1.165) is 38.7 Å². The van der Waals surface area contributed by atoms with Crippen LogP contribution in [0.5, 0.6) is 0 Å². The van der Waals surface area contributed by atoms with E-state index in [-0.39, 0.29) is 17.6 Å². The lowest BCUT2D eigenvalue weighted by molar-refractivity contribution is -0.194. The highest BCUT2D eigenvalue weighted by Crippen LogP contribution is 2.55. The van der Waals surface area contributed by atoms with Crippen molar-refractivity contribution in [1.82, 2.24) is 0 Å². The second-order valence-corrected chi connectivity index (χ2v) is 9.07. The Morgan fingerprint density at radius 2 is 1.79 bits per heavy atom. The molecule has 28 heavy (non-hydrogen) atoms. The van der Waals surface area contributed by atoms with Gasteiger partial charge in [-0.05, 0) is 67.3 Å². The van der Waals surface area contributed by atoms with E-state index >= 15 is 0 Å². The van der Waals surface area contributed by atoms with E-state index in [1.54, 1.807) is 11.8 Å². The number of fused-ring (bicyclic) bond motifs is 3. The molecule has 3 aliphatic rings. The Bertz CT molecular complexity index is 796. The Morgan fingerprint density at radius 1 is 1.04 bits per heavy atom. The summed E-state index contributed by atoms with van der Waals surface area (Å²) in [5.41, 5.74) is 1.26. The van der Waals surface area contributed by atoms with Gasteiger partial charge in [-0.1, -0.05) is 42.1 Å².